The zero-order valence-corrected chi connectivity index (χ0v) is 10.1. The van der Waals surface area contributed by atoms with Crippen LogP contribution in [0.3, 0.4) is 0 Å². The molecule has 4 nitrogen and oxygen atoms in total. The standard InChI is InChI=1S/C13H13FN2O2/c1-8-3-5-10(6-4-8)9(2)16-7-15-12(14)11(16)13(17)18/h3-7,9H,1-2H3,(H,17,18)/t9-/m1/s1. The van der Waals surface area contributed by atoms with Crippen LogP contribution in [0, 0.1) is 12.9 Å². The Bertz CT molecular complexity index is 575. The van der Waals surface area contributed by atoms with Crippen LogP contribution >= 0.6 is 0 Å². The van der Waals surface area contributed by atoms with Crippen molar-refractivity contribution in [1.82, 2.24) is 9.55 Å². The van der Waals surface area contributed by atoms with Crippen LogP contribution < -0.4 is 0 Å². The molecule has 1 heterocycles. The molecule has 0 aliphatic rings. The second-order valence-corrected chi connectivity index (χ2v) is 4.18. The fraction of sp³-hybridized carbons (Fsp3) is 0.231. The molecule has 0 aliphatic carbocycles. The number of benzene rings is 1. The molecule has 0 unspecified atom stereocenters. The van der Waals surface area contributed by atoms with Crippen LogP contribution in [0.2, 0.25) is 0 Å². The van der Waals surface area contributed by atoms with Crippen LogP contribution in [0.15, 0.2) is 30.6 Å². The van der Waals surface area contributed by atoms with Crippen LogP contribution in [-0.4, -0.2) is 20.6 Å². The lowest BCUT2D eigenvalue weighted by molar-refractivity contribution is 0.0678. The van der Waals surface area contributed by atoms with Gasteiger partial charge in [0.05, 0.1) is 12.4 Å². The molecule has 1 aromatic carbocycles. The molecular weight excluding hydrogens is 235 g/mol. The minimum atomic E-state index is -1.32. The van der Waals surface area contributed by atoms with Crippen molar-refractivity contribution in [1.29, 1.82) is 0 Å². The van der Waals surface area contributed by atoms with Crippen LogP contribution in [0.5, 0.6) is 0 Å². The average Bonchev–Trinajstić information content (AvgIpc) is 2.71. The van der Waals surface area contributed by atoms with Gasteiger partial charge < -0.3 is 9.67 Å². The number of rotatable bonds is 3. The number of hydrogen-bond acceptors (Lipinski definition) is 2. The third-order valence-corrected chi connectivity index (χ3v) is 2.93. The predicted molar refractivity (Wildman–Crippen MR) is 64.1 cm³/mol. The minimum absolute atomic E-state index is 0.284. The van der Waals surface area contributed by atoms with Gasteiger partial charge in [-0.2, -0.15) is 4.39 Å². The molecular formula is C13H13FN2O2. The highest BCUT2D eigenvalue weighted by atomic mass is 19.1. The number of hydrogen-bond donors (Lipinski definition) is 1. The Morgan fingerprint density at radius 3 is 2.56 bits per heavy atom. The number of aromatic carboxylic acids is 1. The van der Waals surface area contributed by atoms with Crippen molar-refractivity contribution in [3.63, 3.8) is 0 Å². The van der Waals surface area contributed by atoms with Crippen LogP contribution in [-0.2, 0) is 0 Å². The van der Waals surface area contributed by atoms with Crippen molar-refractivity contribution in [2.75, 3.05) is 0 Å². The molecule has 0 spiro atoms. The molecule has 0 fully saturated rings. The lowest BCUT2D eigenvalue weighted by Gasteiger charge is -2.15. The van der Waals surface area contributed by atoms with Gasteiger partial charge in [0.25, 0.3) is 0 Å². The predicted octanol–water partition coefficient (Wildman–Crippen LogP) is 2.64. The van der Waals surface area contributed by atoms with E-state index in [2.05, 4.69) is 4.98 Å². The van der Waals surface area contributed by atoms with Gasteiger partial charge in [0.2, 0.25) is 5.95 Å². The first-order chi connectivity index (χ1) is 8.50. The second kappa shape index (κ2) is 4.60. The summed E-state index contributed by atoms with van der Waals surface area (Å²) in [4.78, 5) is 14.4. The van der Waals surface area contributed by atoms with Crippen molar-refractivity contribution in [2.24, 2.45) is 0 Å². The van der Waals surface area contributed by atoms with Gasteiger partial charge in [-0.25, -0.2) is 9.78 Å². The summed E-state index contributed by atoms with van der Waals surface area (Å²) < 4.78 is 14.6. The average molecular weight is 248 g/mol. The molecule has 18 heavy (non-hydrogen) atoms. The van der Waals surface area contributed by atoms with Crippen molar-refractivity contribution in [2.45, 2.75) is 19.9 Å². The number of halogens is 1. The molecule has 2 rings (SSSR count). The van der Waals surface area contributed by atoms with Crippen LogP contribution in [0.25, 0.3) is 0 Å². The summed E-state index contributed by atoms with van der Waals surface area (Å²) in [6.45, 7) is 3.77. The Labute approximate surface area is 104 Å². The number of imidazole rings is 1. The molecule has 94 valence electrons. The molecule has 0 saturated carbocycles. The summed E-state index contributed by atoms with van der Waals surface area (Å²) >= 11 is 0. The maximum absolute atomic E-state index is 13.3. The Morgan fingerprint density at radius 1 is 1.39 bits per heavy atom. The smallest absolute Gasteiger partial charge is 0.357 e. The molecule has 5 heteroatoms. The van der Waals surface area contributed by atoms with Crippen molar-refractivity contribution >= 4 is 5.97 Å². The van der Waals surface area contributed by atoms with Crippen molar-refractivity contribution in [3.8, 4) is 0 Å². The first-order valence-electron chi connectivity index (χ1n) is 5.53. The summed E-state index contributed by atoms with van der Waals surface area (Å²) in [6, 6.07) is 7.36. The van der Waals surface area contributed by atoms with Gasteiger partial charge in [-0.3, -0.25) is 0 Å². The van der Waals surface area contributed by atoms with E-state index in [9.17, 15) is 9.18 Å². The molecule has 0 aliphatic heterocycles. The van der Waals surface area contributed by atoms with Gasteiger partial charge in [0.15, 0.2) is 5.69 Å². The van der Waals surface area contributed by atoms with E-state index in [0.717, 1.165) is 11.1 Å². The van der Waals surface area contributed by atoms with Crippen molar-refractivity contribution in [3.05, 3.63) is 53.4 Å². The normalized spacial score (nSPS) is 12.4. The van der Waals surface area contributed by atoms with E-state index >= 15 is 0 Å². The molecule has 0 saturated heterocycles. The van der Waals surface area contributed by atoms with E-state index < -0.39 is 17.6 Å². The number of aromatic nitrogens is 2. The fourth-order valence-corrected chi connectivity index (χ4v) is 1.84. The summed E-state index contributed by atoms with van der Waals surface area (Å²) in [6.07, 6.45) is 1.21. The highest BCUT2D eigenvalue weighted by molar-refractivity contribution is 5.85. The molecule has 0 bridgehead atoms. The Kier molecular flexibility index (Phi) is 3.14. The topological polar surface area (TPSA) is 55.1 Å². The van der Waals surface area contributed by atoms with E-state index in [1.54, 1.807) is 6.92 Å². The van der Waals surface area contributed by atoms with Crippen LogP contribution in [0.4, 0.5) is 4.39 Å². The maximum Gasteiger partial charge on any atom is 0.357 e. The Hall–Kier alpha value is -2.17. The number of carbonyl (C=O) groups is 1. The van der Waals surface area contributed by atoms with Gasteiger partial charge in [0, 0.05) is 0 Å². The molecule has 0 amide bonds. The van der Waals surface area contributed by atoms with Gasteiger partial charge in [-0.1, -0.05) is 29.8 Å². The van der Waals surface area contributed by atoms with E-state index in [-0.39, 0.29) is 6.04 Å². The van der Waals surface area contributed by atoms with Gasteiger partial charge in [-0.15, -0.1) is 0 Å². The monoisotopic (exact) mass is 248 g/mol. The number of nitrogens with zero attached hydrogens (tertiary/aromatic N) is 2. The molecule has 1 N–H and O–H groups in total. The Balaban J connectivity index is 2.43. The van der Waals surface area contributed by atoms with E-state index in [4.69, 9.17) is 5.11 Å². The van der Waals surface area contributed by atoms with E-state index in [1.807, 2.05) is 31.2 Å². The zero-order chi connectivity index (χ0) is 13.3. The molecule has 1 aromatic heterocycles. The minimum Gasteiger partial charge on any atom is -0.476 e. The molecule has 2 aromatic rings. The summed E-state index contributed by atoms with van der Waals surface area (Å²) in [5, 5.41) is 8.97. The number of carboxylic acids is 1. The molecule has 1 atom stereocenters. The van der Waals surface area contributed by atoms with Gasteiger partial charge in [-0.05, 0) is 19.4 Å². The Morgan fingerprint density at radius 2 is 2.00 bits per heavy atom. The third kappa shape index (κ3) is 2.11. The molecule has 0 radical (unpaired) electrons. The fourth-order valence-electron chi connectivity index (χ4n) is 1.84. The van der Waals surface area contributed by atoms with E-state index in [1.165, 1.54) is 10.9 Å². The van der Waals surface area contributed by atoms with Crippen molar-refractivity contribution < 1.29 is 14.3 Å². The van der Waals surface area contributed by atoms with Gasteiger partial charge >= 0.3 is 5.97 Å². The second-order valence-electron chi connectivity index (χ2n) is 4.18. The third-order valence-electron chi connectivity index (χ3n) is 2.93. The largest absolute Gasteiger partial charge is 0.476 e. The van der Waals surface area contributed by atoms with Gasteiger partial charge in [0.1, 0.15) is 0 Å². The first kappa shape index (κ1) is 12.3. The van der Waals surface area contributed by atoms with Crippen LogP contribution in [0.1, 0.15) is 34.6 Å². The maximum atomic E-state index is 13.3. The zero-order valence-electron chi connectivity index (χ0n) is 10.1. The highest BCUT2D eigenvalue weighted by Crippen LogP contribution is 2.21. The summed E-state index contributed by atoms with van der Waals surface area (Å²) in [5.41, 5.74) is 1.60. The first-order valence-corrected chi connectivity index (χ1v) is 5.53. The highest BCUT2D eigenvalue weighted by Gasteiger charge is 2.21. The number of aryl methyl sites for hydroxylation is 1. The lowest BCUT2D eigenvalue weighted by atomic mass is 10.1. The summed E-state index contributed by atoms with van der Waals surface area (Å²) in [5.74, 6) is -2.27. The van der Waals surface area contributed by atoms with E-state index in [0.29, 0.717) is 0 Å². The quantitative estimate of drug-likeness (QED) is 0.908. The number of carboxylic acid groups (broad SMARTS) is 1. The SMILES string of the molecule is Cc1ccc([C@@H](C)n2cnc(F)c2C(=O)O)cc1. The summed E-state index contributed by atoms with van der Waals surface area (Å²) in [7, 11) is 0. The lowest BCUT2D eigenvalue weighted by Crippen LogP contribution is -2.14.